The lowest BCUT2D eigenvalue weighted by atomic mass is 10.2. The van der Waals surface area contributed by atoms with Crippen molar-refractivity contribution < 1.29 is 14.1 Å². The van der Waals surface area contributed by atoms with E-state index in [-0.39, 0.29) is 23.8 Å². The highest BCUT2D eigenvalue weighted by Crippen LogP contribution is 2.19. The minimum atomic E-state index is -0.761. The first-order valence-corrected chi connectivity index (χ1v) is 4.99. The average molecular weight is 241 g/mol. The lowest BCUT2D eigenvalue weighted by Gasteiger charge is -2.07. The number of rotatable bonds is 5. The van der Waals surface area contributed by atoms with E-state index in [9.17, 15) is 19.3 Å². The van der Waals surface area contributed by atoms with Gasteiger partial charge in [-0.1, -0.05) is 0 Å². The molecule has 1 amide bonds. The zero-order chi connectivity index (χ0) is 12.8. The molecule has 2 N–H and O–H groups in total. The lowest BCUT2D eigenvalue weighted by molar-refractivity contribution is -0.385. The van der Waals surface area contributed by atoms with Crippen molar-refractivity contribution in [3.63, 3.8) is 0 Å². The topological polar surface area (TPSA) is 84.3 Å². The summed E-state index contributed by atoms with van der Waals surface area (Å²) in [5, 5.41) is 15.5. The number of hydrogen-bond acceptors (Lipinski definition) is 4. The molecule has 0 heterocycles. The predicted molar refractivity (Wildman–Crippen MR) is 60.2 cm³/mol. The van der Waals surface area contributed by atoms with Crippen LogP contribution in [-0.2, 0) is 4.79 Å². The first kappa shape index (κ1) is 12.9. The first-order valence-electron chi connectivity index (χ1n) is 4.99. The number of nitro benzene ring substituents is 1. The molecule has 0 saturated carbocycles. The molecule has 0 fully saturated rings. The number of benzene rings is 1. The standard InChI is InChI=1S/C10H12FN3O3/c1-2-12-10(15)6-13-9-4-3-7(14(16)17)5-8(9)11/h3-5,13H,2,6H2,1H3,(H,12,15). The third-order valence-electron chi connectivity index (χ3n) is 1.98. The fourth-order valence-electron chi connectivity index (χ4n) is 1.20. The van der Waals surface area contributed by atoms with Crippen LogP contribution in [-0.4, -0.2) is 23.9 Å². The summed E-state index contributed by atoms with van der Waals surface area (Å²) in [6.07, 6.45) is 0. The summed E-state index contributed by atoms with van der Waals surface area (Å²) in [6, 6.07) is 3.20. The zero-order valence-corrected chi connectivity index (χ0v) is 9.20. The Morgan fingerprint density at radius 1 is 1.53 bits per heavy atom. The van der Waals surface area contributed by atoms with Crippen LogP contribution >= 0.6 is 0 Å². The van der Waals surface area contributed by atoms with Crippen molar-refractivity contribution in [1.82, 2.24) is 5.32 Å². The number of nitro groups is 1. The number of nitrogens with zero attached hydrogens (tertiary/aromatic N) is 1. The fraction of sp³-hybridized carbons (Fsp3) is 0.300. The summed E-state index contributed by atoms with van der Waals surface area (Å²) in [6.45, 7) is 2.18. The smallest absolute Gasteiger partial charge is 0.272 e. The Bertz CT molecular complexity index is 437. The van der Waals surface area contributed by atoms with Gasteiger partial charge >= 0.3 is 0 Å². The third kappa shape index (κ3) is 3.71. The van der Waals surface area contributed by atoms with Crippen molar-refractivity contribution in [3.05, 3.63) is 34.1 Å². The summed E-state index contributed by atoms with van der Waals surface area (Å²) in [4.78, 5) is 20.8. The van der Waals surface area contributed by atoms with Gasteiger partial charge in [-0.25, -0.2) is 4.39 Å². The molecule has 0 aliphatic carbocycles. The van der Waals surface area contributed by atoms with E-state index in [1.165, 1.54) is 12.1 Å². The Balaban J connectivity index is 2.66. The Labute approximate surface area is 97.0 Å². The number of likely N-dealkylation sites (N-methyl/N-ethyl adjacent to an activating group) is 1. The maximum atomic E-state index is 13.3. The van der Waals surface area contributed by atoms with E-state index >= 15 is 0 Å². The number of non-ortho nitro benzene ring substituents is 1. The van der Waals surface area contributed by atoms with Gasteiger partial charge in [-0.3, -0.25) is 14.9 Å². The number of carbonyl (C=O) groups excluding carboxylic acids is 1. The molecule has 0 radical (unpaired) electrons. The fourth-order valence-corrected chi connectivity index (χ4v) is 1.20. The monoisotopic (exact) mass is 241 g/mol. The van der Waals surface area contributed by atoms with Crippen LogP contribution in [0.25, 0.3) is 0 Å². The Morgan fingerprint density at radius 2 is 2.24 bits per heavy atom. The highest BCUT2D eigenvalue weighted by molar-refractivity contribution is 5.80. The van der Waals surface area contributed by atoms with Crippen molar-refractivity contribution in [3.8, 4) is 0 Å². The molecule has 0 spiro atoms. The van der Waals surface area contributed by atoms with E-state index in [1.807, 2.05) is 0 Å². The molecule has 6 nitrogen and oxygen atoms in total. The molecule has 0 bridgehead atoms. The second kappa shape index (κ2) is 5.78. The van der Waals surface area contributed by atoms with Gasteiger partial charge in [0.15, 0.2) is 5.82 Å². The summed E-state index contributed by atoms with van der Waals surface area (Å²) >= 11 is 0. The maximum Gasteiger partial charge on any atom is 0.272 e. The second-order valence-electron chi connectivity index (χ2n) is 3.23. The molecule has 1 aromatic carbocycles. The van der Waals surface area contributed by atoms with Gasteiger partial charge in [0.2, 0.25) is 5.91 Å². The van der Waals surface area contributed by atoms with E-state index in [0.717, 1.165) is 6.07 Å². The summed E-state index contributed by atoms with van der Waals surface area (Å²) in [5.74, 6) is -1.03. The Morgan fingerprint density at radius 3 is 2.76 bits per heavy atom. The number of carbonyl (C=O) groups is 1. The van der Waals surface area contributed by atoms with Crippen molar-refractivity contribution in [2.24, 2.45) is 0 Å². The van der Waals surface area contributed by atoms with Crippen LogP contribution in [0.5, 0.6) is 0 Å². The molecule has 17 heavy (non-hydrogen) atoms. The average Bonchev–Trinajstić information content (AvgIpc) is 2.27. The van der Waals surface area contributed by atoms with Crippen LogP contribution in [0.15, 0.2) is 18.2 Å². The quantitative estimate of drug-likeness (QED) is 0.600. The zero-order valence-electron chi connectivity index (χ0n) is 9.20. The SMILES string of the molecule is CCNC(=O)CNc1ccc([N+](=O)[O-])cc1F. The van der Waals surface area contributed by atoms with Crippen LogP contribution in [0, 0.1) is 15.9 Å². The summed E-state index contributed by atoms with van der Waals surface area (Å²) in [5.41, 5.74) is -0.270. The largest absolute Gasteiger partial charge is 0.374 e. The number of nitrogens with one attached hydrogen (secondary N) is 2. The van der Waals surface area contributed by atoms with Crippen LogP contribution in [0.1, 0.15) is 6.92 Å². The predicted octanol–water partition coefficient (Wildman–Crippen LogP) is 1.28. The minimum Gasteiger partial charge on any atom is -0.374 e. The van der Waals surface area contributed by atoms with E-state index in [2.05, 4.69) is 10.6 Å². The van der Waals surface area contributed by atoms with E-state index < -0.39 is 10.7 Å². The van der Waals surface area contributed by atoms with Crippen molar-refractivity contribution in [2.75, 3.05) is 18.4 Å². The molecule has 1 aromatic rings. The molecule has 1 rings (SSSR count). The van der Waals surface area contributed by atoms with Gasteiger partial charge in [0, 0.05) is 12.6 Å². The molecule has 0 unspecified atom stereocenters. The molecule has 7 heteroatoms. The van der Waals surface area contributed by atoms with E-state index in [1.54, 1.807) is 6.92 Å². The number of amides is 1. The molecule has 0 aliphatic rings. The summed E-state index contributed by atoms with van der Waals surface area (Å²) < 4.78 is 13.3. The van der Waals surface area contributed by atoms with Crippen molar-refractivity contribution >= 4 is 17.3 Å². The maximum absolute atomic E-state index is 13.3. The number of anilines is 1. The third-order valence-corrected chi connectivity index (χ3v) is 1.98. The lowest BCUT2D eigenvalue weighted by Crippen LogP contribution is -2.29. The van der Waals surface area contributed by atoms with Gasteiger partial charge in [-0.15, -0.1) is 0 Å². The van der Waals surface area contributed by atoms with E-state index in [0.29, 0.717) is 6.54 Å². The molecule has 0 aliphatic heterocycles. The Hall–Kier alpha value is -2.18. The van der Waals surface area contributed by atoms with Crippen LogP contribution in [0.3, 0.4) is 0 Å². The number of halogens is 1. The molecule has 0 aromatic heterocycles. The van der Waals surface area contributed by atoms with Crippen LogP contribution < -0.4 is 10.6 Å². The van der Waals surface area contributed by atoms with Gasteiger partial charge in [-0.2, -0.15) is 0 Å². The van der Waals surface area contributed by atoms with Gasteiger partial charge < -0.3 is 10.6 Å². The van der Waals surface area contributed by atoms with Crippen molar-refractivity contribution in [1.29, 1.82) is 0 Å². The Kier molecular flexibility index (Phi) is 4.38. The van der Waals surface area contributed by atoms with Crippen molar-refractivity contribution in [2.45, 2.75) is 6.92 Å². The summed E-state index contributed by atoms with van der Waals surface area (Å²) in [7, 11) is 0. The molecule has 0 saturated heterocycles. The van der Waals surface area contributed by atoms with Gasteiger partial charge in [-0.05, 0) is 13.0 Å². The van der Waals surface area contributed by atoms with Crippen LogP contribution in [0.2, 0.25) is 0 Å². The van der Waals surface area contributed by atoms with Gasteiger partial charge in [0.1, 0.15) is 0 Å². The molecular formula is C10H12FN3O3. The second-order valence-corrected chi connectivity index (χ2v) is 3.23. The molecular weight excluding hydrogens is 229 g/mol. The minimum absolute atomic E-state index is 0.0573. The van der Waals surface area contributed by atoms with Crippen LogP contribution in [0.4, 0.5) is 15.8 Å². The highest BCUT2D eigenvalue weighted by Gasteiger charge is 2.10. The van der Waals surface area contributed by atoms with E-state index in [4.69, 9.17) is 0 Å². The molecule has 92 valence electrons. The first-order chi connectivity index (χ1) is 8.04. The van der Waals surface area contributed by atoms with Gasteiger partial charge in [0.05, 0.1) is 23.2 Å². The van der Waals surface area contributed by atoms with Gasteiger partial charge in [0.25, 0.3) is 5.69 Å². The highest BCUT2D eigenvalue weighted by atomic mass is 19.1. The molecule has 0 atom stereocenters. The number of hydrogen-bond donors (Lipinski definition) is 2. The normalized spacial score (nSPS) is 9.76.